The Morgan fingerprint density at radius 2 is 1.30 bits per heavy atom. The van der Waals surface area contributed by atoms with E-state index in [4.69, 9.17) is 0 Å². The molecule has 122 valence electrons. The topological polar surface area (TPSA) is 0 Å². The molecule has 0 saturated heterocycles. The van der Waals surface area contributed by atoms with Crippen LogP contribution in [0.1, 0.15) is 112 Å². The molecule has 0 heteroatoms. The van der Waals surface area contributed by atoms with Crippen LogP contribution in [0.15, 0.2) is 0 Å². The van der Waals surface area contributed by atoms with Gasteiger partial charge in [-0.3, -0.25) is 0 Å². The Bertz CT molecular complexity index is 202. The van der Waals surface area contributed by atoms with Gasteiger partial charge in [0, 0.05) is 0 Å². The molecular weight excluding hydrogens is 240 g/mol. The molecule has 1 unspecified atom stereocenters. The van der Waals surface area contributed by atoms with Gasteiger partial charge in [0.15, 0.2) is 0 Å². The minimum Gasteiger partial charge on any atom is -0.0654 e. The van der Waals surface area contributed by atoms with Crippen LogP contribution in [0.5, 0.6) is 0 Å². The molecule has 0 aromatic rings. The molecule has 0 fully saturated rings. The summed E-state index contributed by atoms with van der Waals surface area (Å²) in [5.74, 6) is 1.81. The summed E-state index contributed by atoms with van der Waals surface area (Å²) < 4.78 is 0. The van der Waals surface area contributed by atoms with Gasteiger partial charge in [0.05, 0.1) is 0 Å². The Kier molecular flexibility index (Phi) is 11.6. The van der Waals surface area contributed by atoms with Crippen LogP contribution in [0, 0.1) is 17.3 Å². The van der Waals surface area contributed by atoms with Gasteiger partial charge in [0.1, 0.15) is 0 Å². The molecule has 0 radical (unpaired) electrons. The Labute approximate surface area is 130 Å². The highest BCUT2D eigenvalue weighted by atomic mass is 14.2. The largest absolute Gasteiger partial charge is 0.0654 e. The second-order valence-electron chi connectivity index (χ2n) is 8.30. The van der Waals surface area contributed by atoms with Crippen molar-refractivity contribution >= 4 is 0 Å². The molecule has 0 aliphatic rings. The first kappa shape index (κ1) is 20.0. The summed E-state index contributed by atoms with van der Waals surface area (Å²) in [5.41, 5.74) is 0.575. The van der Waals surface area contributed by atoms with Crippen LogP contribution in [0.3, 0.4) is 0 Å². The van der Waals surface area contributed by atoms with E-state index in [0.29, 0.717) is 5.41 Å². The summed E-state index contributed by atoms with van der Waals surface area (Å²) in [5, 5.41) is 0. The molecule has 0 heterocycles. The van der Waals surface area contributed by atoms with E-state index < -0.39 is 0 Å². The smallest absolute Gasteiger partial charge is 0.0354 e. The van der Waals surface area contributed by atoms with Crippen molar-refractivity contribution in [2.75, 3.05) is 0 Å². The third-order valence-electron chi connectivity index (χ3n) is 4.74. The van der Waals surface area contributed by atoms with Crippen molar-refractivity contribution in [1.82, 2.24) is 0 Å². The number of hydrogen-bond acceptors (Lipinski definition) is 0. The molecule has 0 rings (SSSR count). The average Bonchev–Trinajstić information content (AvgIpc) is 2.34. The SMILES string of the molecule is CCCCCCC(C)(C)CCCC(C)CCCC(C)C. The van der Waals surface area contributed by atoms with Crippen molar-refractivity contribution in [3.63, 3.8) is 0 Å². The van der Waals surface area contributed by atoms with E-state index in [0.717, 1.165) is 11.8 Å². The van der Waals surface area contributed by atoms with Crippen LogP contribution < -0.4 is 0 Å². The first-order chi connectivity index (χ1) is 9.37. The standard InChI is InChI=1S/C20H42/c1-7-8-9-10-16-20(5,6)17-12-15-19(4)14-11-13-18(2)3/h18-19H,7-17H2,1-6H3. The third kappa shape index (κ3) is 13.0. The van der Waals surface area contributed by atoms with E-state index >= 15 is 0 Å². The molecule has 1 atom stereocenters. The molecule has 0 saturated carbocycles. The highest BCUT2D eigenvalue weighted by Gasteiger charge is 2.17. The van der Waals surface area contributed by atoms with Gasteiger partial charge >= 0.3 is 0 Å². The number of unbranched alkanes of at least 4 members (excludes halogenated alkanes) is 3. The summed E-state index contributed by atoms with van der Waals surface area (Å²) >= 11 is 0. The van der Waals surface area contributed by atoms with Gasteiger partial charge in [-0.05, 0) is 30.1 Å². The minimum absolute atomic E-state index is 0.575. The van der Waals surface area contributed by atoms with Crippen molar-refractivity contribution in [3.8, 4) is 0 Å². The zero-order chi connectivity index (χ0) is 15.4. The third-order valence-corrected chi connectivity index (χ3v) is 4.74. The van der Waals surface area contributed by atoms with Crippen LogP contribution in [0.4, 0.5) is 0 Å². The average molecular weight is 283 g/mol. The van der Waals surface area contributed by atoms with Gasteiger partial charge in [0.2, 0.25) is 0 Å². The predicted octanol–water partition coefficient (Wildman–Crippen LogP) is 7.62. The number of rotatable bonds is 13. The summed E-state index contributed by atoms with van der Waals surface area (Å²) in [6.07, 6.45) is 15.7. The molecule has 0 bridgehead atoms. The van der Waals surface area contributed by atoms with E-state index in [-0.39, 0.29) is 0 Å². The van der Waals surface area contributed by atoms with Crippen LogP contribution in [-0.2, 0) is 0 Å². The van der Waals surface area contributed by atoms with E-state index in [1.807, 2.05) is 0 Å². The van der Waals surface area contributed by atoms with Crippen LogP contribution in [0.25, 0.3) is 0 Å². The number of hydrogen-bond donors (Lipinski definition) is 0. The van der Waals surface area contributed by atoms with Gasteiger partial charge in [-0.25, -0.2) is 0 Å². The van der Waals surface area contributed by atoms with Crippen LogP contribution in [0.2, 0.25) is 0 Å². The Morgan fingerprint density at radius 3 is 1.90 bits per heavy atom. The molecule has 0 amide bonds. The van der Waals surface area contributed by atoms with Gasteiger partial charge in [-0.1, -0.05) is 99.3 Å². The van der Waals surface area contributed by atoms with Crippen molar-refractivity contribution in [3.05, 3.63) is 0 Å². The fourth-order valence-electron chi connectivity index (χ4n) is 3.10. The molecule has 0 aromatic heterocycles. The molecule has 0 N–H and O–H groups in total. The lowest BCUT2D eigenvalue weighted by Crippen LogP contribution is -2.11. The monoisotopic (exact) mass is 282 g/mol. The maximum Gasteiger partial charge on any atom is -0.0354 e. The fraction of sp³-hybridized carbons (Fsp3) is 1.00. The summed E-state index contributed by atoms with van der Waals surface area (Å²) in [4.78, 5) is 0. The van der Waals surface area contributed by atoms with Gasteiger partial charge in [0.25, 0.3) is 0 Å². The van der Waals surface area contributed by atoms with E-state index in [1.165, 1.54) is 70.6 Å². The van der Waals surface area contributed by atoms with Crippen molar-refractivity contribution in [2.24, 2.45) is 17.3 Å². The quantitative estimate of drug-likeness (QED) is 0.305. The van der Waals surface area contributed by atoms with Gasteiger partial charge in [-0.2, -0.15) is 0 Å². The Morgan fingerprint density at radius 1 is 0.700 bits per heavy atom. The van der Waals surface area contributed by atoms with Crippen LogP contribution in [-0.4, -0.2) is 0 Å². The molecule has 20 heavy (non-hydrogen) atoms. The molecule has 0 aliphatic carbocycles. The summed E-state index contributed by atoms with van der Waals surface area (Å²) in [6, 6.07) is 0. The van der Waals surface area contributed by atoms with Crippen LogP contribution >= 0.6 is 0 Å². The highest BCUT2D eigenvalue weighted by molar-refractivity contribution is 4.69. The molecule has 0 spiro atoms. The summed E-state index contributed by atoms with van der Waals surface area (Å²) in [6.45, 7) is 14.4. The molecule has 0 nitrogen and oxygen atoms in total. The van der Waals surface area contributed by atoms with Gasteiger partial charge < -0.3 is 0 Å². The van der Waals surface area contributed by atoms with E-state index in [1.54, 1.807) is 0 Å². The minimum atomic E-state index is 0.575. The Balaban J connectivity index is 3.59. The zero-order valence-electron chi connectivity index (χ0n) is 15.4. The zero-order valence-corrected chi connectivity index (χ0v) is 15.4. The normalized spacial score (nSPS) is 13.9. The second-order valence-corrected chi connectivity index (χ2v) is 8.30. The Hall–Kier alpha value is 0. The lowest BCUT2D eigenvalue weighted by atomic mass is 9.81. The molecule has 0 aliphatic heterocycles. The first-order valence-corrected chi connectivity index (χ1v) is 9.37. The van der Waals surface area contributed by atoms with E-state index in [2.05, 4.69) is 41.5 Å². The van der Waals surface area contributed by atoms with Crippen molar-refractivity contribution < 1.29 is 0 Å². The summed E-state index contributed by atoms with van der Waals surface area (Å²) in [7, 11) is 0. The van der Waals surface area contributed by atoms with Gasteiger partial charge in [-0.15, -0.1) is 0 Å². The predicted molar refractivity (Wildman–Crippen MR) is 94.2 cm³/mol. The fourth-order valence-corrected chi connectivity index (χ4v) is 3.10. The first-order valence-electron chi connectivity index (χ1n) is 9.37. The molecular formula is C20H42. The van der Waals surface area contributed by atoms with Crippen molar-refractivity contribution in [2.45, 2.75) is 112 Å². The lowest BCUT2D eigenvalue weighted by molar-refractivity contribution is 0.273. The maximum atomic E-state index is 2.47. The van der Waals surface area contributed by atoms with Crippen molar-refractivity contribution in [1.29, 1.82) is 0 Å². The lowest BCUT2D eigenvalue weighted by Gasteiger charge is -2.25. The molecule has 0 aromatic carbocycles. The highest BCUT2D eigenvalue weighted by Crippen LogP contribution is 2.31. The maximum absolute atomic E-state index is 2.47. The second kappa shape index (κ2) is 11.6. The van der Waals surface area contributed by atoms with E-state index in [9.17, 15) is 0 Å².